The van der Waals surface area contributed by atoms with Crippen molar-refractivity contribution in [3.8, 4) is 0 Å². The number of hydrogen-bond acceptors (Lipinski definition) is 4. The van der Waals surface area contributed by atoms with E-state index in [1.807, 2.05) is 26.2 Å². The Labute approximate surface area is 120 Å². The van der Waals surface area contributed by atoms with Crippen LogP contribution >= 0.6 is 0 Å². The van der Waals surface area contributed by atoms with Crippen molar-refractivity contribution in [3.63, 3.8) is 0 Å². The number of aromatic nitrogens is 4. The minimum Gasteiger partial charge on any atom is -0.370 e. The molecule has 20 heavy (non-hydrogen) atoms. The van der Waals surface area contributed by atoms with E-state index in [4.69, 9.17) is 0 Å². The van der Waals surface area contributed by atoms with Crippen LogP contribution in [-0.4, -0.2) is 26.1 Å². The van der Waals surface area contributed by atoms with Crippen LogP contribution in [0.2, 0.25) is 0 Å². The van der Waals surface area contributed by atoms with Gasteiger partial charge < -0.3 is 9.88 Å². The van der Waals surface area contributed by atoms with Gasteiger partial charge in [0.15, 0.2) is 0 Å². The van der Waals surface area contributed by atoms with Crippen LogP contribution in [-0.2, 0) is 13.0 Å². The molecular weight excluding hydrogens is 250 g/mol. The van der Waals surface area contributed by atoms with Gasteiger partial charge in [-0.1, -0.05) is 6.92 Å². The highest BCUT2D eigenvalue weighted by Crippen LogP contribution is 2.14. The van der Waals surface area contributed by atoms with Crippen LogP contribution in [0.5, 0.6) is 0 Å². The molecule has 2 aromatic heterocycles. The van der Waals surface area contributed by atoms with Crippen molar-refractivity contribution in [2.24, 2.45) is 0 Å². The molecule has 0 spiro atoms. The first-order chi connectivity index (χ1) is 9.61. The van der Waals surface area contributed by atoms with Crippen LogP contribution in [0.3, 0.4) is 0 Å². The standard InChI is InChI=1S/C15H23N5/c1-5-14-16-8-10-20(14)9-6-7-17-15-11(2)12(3)18-13(4)19-15/h8,10H,5-7,9H2,1-4H3,(H,17,18,19). The normalized spacial score (nSPS) is 10.8. The maximum Gasteiger partial charge on any atom is 0.132 e. The summed E-state index contributed by atoms with van der Waals surface area (Å²) in [6, 6.07) is 0. The second-order valence-electron chi connectivity index (χ2n) is 5.00. The minimum atomic E-state index is 0.818. The summed E-state index contributed by atoms with van der Waals surface area (Å²) in [5.41, 5.74) is 2.18. The molecule has 5 nitrogen and oxygen atoms in total. The summed E-state index contributed by atoms with van der Waals surface area (Å²) in [5.74, 6) is 2.92. The van der Waals surface area contributed by atoms with Gasteiger partial charge in [0.05, 0.1) is 0 Å². The Kier molecular flexibility index (Phi) is 4.71. The van der Waals surface area contributed by atoms with Gasteiger partial charge in [-0.15, -0.1) is 0 Å². The van der Waals surface area contributed by atoms with Crippen molar-refractivity contribution in [2.75, 3.05) is 11.9 Å². The molecule has 0 fully saturated rings. The molecule has 2 heterocycles. The molecule has 0 bridgehead atoms. The zero-order chi connectivity index (χ0) is 14.5. The van der Waals surface area contributed by atoms with E-state index in [0.29, 0.717) is 0 Å². The van der Waals surface area contributed by atoms with Crippen molar-refractivity contribution in [1.29, 1.82) is 0 Å². The number of hydrogen-bond donors (Lipinski definition) is 1. The third kappa shape index (κ3) is 3.35. The van der Waals surface area contributed by atoms with E-state index in [9.17, 15) is 0 Å². The molecule has 0 amide bonds. The van der Waals surface area contributed by atoms with Gasteiger partial charge in [0.2, 0.25) is 0 Å². The zero-order valence-electron chi connectivity index (χ0n) is 12.8. The zero-order valence-corrected chi connectivity index (χ0v) is 12.8. The average molecular weight is 273 g/mol. The van der Waals surface area contributed by atoms with Crippen molar-refractivity contribution >= 4 is 5.82 Å². The average Bonchev–Trinajstić information content (AvgIpc) is 2.87. The van der Waals surface area contributed by atoms with Gasteiger partial charge in [-0.2, -0.15) is 0 Å². The molecule has 108 valence electrons. The quantitative estimate of drug-likeness (QED) is 0.822. The number of imidazole rings is 1. The molecule has 0 atom stereocenters. The molecule has 2 rings (SSSR count). The van der Waals surface area contributed by atoms with E-state index >= 15 is 0 Å². The highest BCUT2D eigenvalue weighted by atomic mass is 15.1. The van der Waals surface area contributed by atoms with E-state index in [-0.39, 0.29) is 0 Å². The number of nitrogens with zero attached hydrogens (tertiary/aromatic N) is 4. The Morgan fingerprint density at radius 2 is 2.00 bits per heavy atom. The maximum absolute atomic E-state index is 4.46. The lowest BCUT2D eigenvalue weighted by Gasteiger charge is -2.11. The molecule has 0 saturated carbocycles. The summed E-state index contributed by atoms with van der Waals surface area (Å²) in [6.45, 7) is 10.0. The molecule has 0 aliphatic carbocycles. The molecular formula is C15H23N5. The van der Waals surface area contributed by atoms with E-state index in [1.54, 1.807) is 0 Å². The highest BCUT2D eigenvalue weighted by molar-refractivity contribution is 5.45. The Morgan fingerprint density at radius 1 is 1.20 bits per heavy atom. The summed E-state index contributed by atoms with van der Waals surface area (Å²) in [7, 11) is 0. The number of nitrogens with one attached hydrogen (secondary N) is 1. The van der Waals surface area contributed by atoms with Gasteiger partial charge >= 0.3 is 0 Å². The summed E-state index contributed by atoms with van der Waals surface area (Å²) in [5, 5.41) is 3.41. The molecule has 0 radical (unpaired) electrons. The first-order valence-electron chi connectivity index (χ1n) is 7.17. The van der Waals surface area contributed by atoms with Crippen LogP contribution < -0.4 is 5.32 Å². The van der Waals surface area contributed by atoms with Crippen molar-refractivity contribution in [2.45, 2.75) is 47.1 Å². The Balaban J connectivity index is 1.88. The molecule has 5 heteroatoms. The fourth-order valence-electron chi connectivity index (χ4n) is 2.25. The predicted molar refractivity (Wildman–Crippen MR) is 81.0 cm³/mol. The van der Waals surface area contributed by atoms with Gasteiger partial charge in [0.25, 0.3) is 0 Å². The van der Waals surface area contributed by atoms with Crippen LogP contribution in [0.4, 0.5) is 5.82 Å². The topological polar surface area (TPSA) is 55.6 Å². The van der Waals surface area contributed by atoms with Crippen molar-refractivity contribution < 1.29 is 0 Å². The van der Waals surface area contributed by atoms with Crippen LogP contribution in [0, 0.1) is 20.8 Å². The van der Waals surface area contributed by atoms with E-state index in [2.05, 4.69) is 38.7 Å². The Hall–Kier alpha value is -1.91. The second-order valence-corrected chi connectivity index (χ2v) is 5.00. The Bertz CT molecular complexity index is 574. The largest absolute Gasteiger partial charge is 0.370 e. The molecule has 0 aromatic carbocycles. The molecule has 0 aliphatic heterocycles. The first-order valence-corrected chi connectivity index (χ1v) is 7.17. The summed E-state index contributed by atoms with van der Waals surface area (Å²) in [6.07, 6.45) is 5.94. The number of aryl methyl sites for hydroxylation is 4. The van der Waals surface area contributed by atoms with Gasteiger partial charge in [0, 0.05) is 43.2 Å². The summed E-state index contributed by atoms with van der Waals surface area (Å²) in [4.78, 5) is 13.2. The second kappa shape index (κ2) is 6.50. The van der Waals surface area contributed by atoms with Gasteiger partial charge in [0.1, 0.15) is 17.5 Å². The highest BCUT2D eigenvalue weighted by Gasteiger charge is 2.05. The monoisotopic (exact) mass is 273 g/mol. The Morgan fingerprint density at radius 3 is 2.75 bits per heavy atom. The molecule has 0 aliphatic rings. The third-order valence-electron chi connectivity index (χ3n) is 3.49. The lowest BCUT2D eigenvalue weighted by Crippen LogP contribution is -2.11. The van der Waals surface area contributed by atoms with E-state index in [1.165, 1.54) is 0 Å². The lowest BCUT2D eigenvalue weighted by atomic mass is 10.2. The molecule has 1 N–H and O–H groups in total. The predicted octanol–water partition coefficient (Wildman–Crippen LogP) is 2.66. The summed E-state index contributed by atoms with van der Waals surface area (Å²) < 4.78 is 2.21. The maximum atomic E-state index is 4.46. The van der Waals surface area contributed by atoms with Gasteiger partial charge in [-0.3, -0.25) is 0 Å². The molecule has 0 unspecified atom stereocenters. The third-order valence-corrected chi connectivity index (χ3v) is 3.49. The van der Waals surface area contributed by atoms with Crippen LogP contribution in [0.25, 0.3) is 0 Å². The van der Waals surface area contributed by atoms with Crippen LogP contribution in [0.15, 0.2) is 12.4 Å². The SMILES string of the molecule is CCc1nccn1CCCNc1nc(C)nc(C)c1C. The van der Waals surface area contributed by atoms with E-state index < -0.39 is 0 Å². The smallest absolute Gasteiger partial charge is 0.132 e. The first kappa shape index (κ1) is 14.5. The summed E-state index contributed by atoms with van der Waals surface area (Å²) >= 11 is 0. The number of anilines is 1. The molecule has 0 saturated heterocycles. The number of rotatable bonds is 6. The lowest BCUT2D eigenvalue weighted by molar-refractivity contribution is 0.628. The van der Waals surface area contributed by atoms with E-state index in [0.717, 1.165) is 54.7 Å². The fraction of sp³-hybridized carbons (Fsp3) is 0.533. The van der Waals surface area contributed by atoms with Crippen molar-refractivity contribution in [3.05, 3.63) is 35.3 Å². The van der Waals surface area contributed by atoms with Gasteiger partial charge in [-0.25, -0.2) is 15.0 Å². The fourth-order valence-corrected chi connectivity index (χ4v) is 2.25. The van der Waals surface area contributed by atoms with Crippen molar-refractivity contribution in [1.82, 2.24) is 19.5 Å². The van der Waals surface area contributed by atoms with Gasteiger partial charge in [-0.05, 0) is 27.2 Å². The molecule has 2 aromatic rings. The minimum absolute atomic E-state index is 0.818. The van der Waals surface area contributed by atoms with Crippen LogP contribution in [0.1, 0.15) is 36.3 Å².